The van der Waals surface area contributed by atoms with Crippen LogP contribution in [0.1, 0.15) is 29.6 Å². The van der Waals surface area contributed by atoms with Crippen molar-refractivity contribution in [2.45, 2.75) is 24.2 Å². The van der Waals surface area contributed by atoms with Gasteiger partial charge in [-0.3, -0.25) is 0 Å². The molecule has 0 amide bonds. The Labute approximate surface area is 116 Å². The summed E-state index contributed by atoms with van der Waals surface area (Å²) in [6.45, 7) is 0.877. The molecule has 0 N–H and O–H groups in total. The average molecular weight is 303 g/mol. The minimum absolute atomic E-state index is 0.0237. The molecule has 0 aliphatic carbocycles. The number of sulfonamides is 1. The van der Waals surface area contributed by atoms with Gasteiger partial charge in [0, 0.05) is 13.1 Å². The van der Waals surface area contributed by atoms with Gasteiger partial charge in [-0.15, -0.1) is 0 Å². The van der Waals surface area contributed by atoms with E-state index < -0.39 is 16.0 Å². The summed E-state index contributed by atoms with van der Waals surface area (Å²) in [5, 5.41) is 10.8. The predicted molar refractivity (Wildman–Crippen MR) is 68.4 cm³/mol. The molecule has 104 valence electrons. The molecule has 1 aromatic carbocycles. The van der Waals surface area contributed by atoms with Crippen LogP contribution in [-0.4, -0.2) is 31.8 Å². The molecule has 0 aromatic heterocycles. The molecular formula is C12H13ClNO4S-. The Balaban J connectivity index is 2.44. The van der Waals surface area contributed by atoms with Crippen LogP contribution in [0.2, 0.25) is 5.02 Å². The van der Waals surface area contributed by atoms with Crippen molar-refractivity contribution in [2.75, 3.05) is 13.1 Å². The van der Waals surface area contributed by atoms with Crippen LogP contribution in [0.5, 0.6) is 0 Å². The highest BCUT2D eigenvalue weighted by Gasteiger charge is 2.28. The van der Waals surface area contributed by atoms with Crippen LogP contribution in [0.25, 0.3) is 0 Å². The molecule has 2 rings (SSSR count). The summed E-state index contributed by atoms with van der Waals surface area (Å²) in [4.78, 5) is 10.6. The lowest BCUT2D eigenvalue weighted by Crippen LogP contribution is -2.36. The van der Waals surface area contributed by atoms with Crippen molar-refractivity contribution in [3.05, 3.63) is 28.8 Å². The Hall–Kier alpha value is -1.11. The van der Waals surface area contributed by atoms with E-state index in [0.717, 1.165) is 25.3 Å². The van der Waals surface area contributed by atoms with Crippen molar-refractivity contribution in [3.63, 3.8) is 0 Å². The van der Waals surface area contributed by atoms with Gasteiger partial charge in [-0.1, -0.05) is 24.1 Å². The van der Waals surface area contributed by atoms with Gasteiger partial charge >= 0.3 is 0 Å². The third kappa shape index (κ3) is 2.91. The van der Waals surface area contributed by atoms with E-state index in [1.807, 2.05) is 0 Å². The van der Waals surface area contributed by atoms with Crippen molar-refractivity contribution in [3.8, 4) is 0 Å². The molecule has 1 aliphatic rings. The summed E-state index contributed by atoms with van der Waals surface area (Å²) < 4.78 is 26.2. The van der Waals surface area contributed by atoms with E-state index in [2.05, 4.69) is 0 Å². The van der Waals surface area contributed by atoms with E-state index in [0.29, 0.717) is 13.1 Å². The summed E-state index contributed by atoms with van der Waals surface area (Å²) in [5.74, 6) is -1.42. The average Bonchev–Trinajstić information content (AvgIpc) is 2.39. The number of carbonyl (C=O) groups excluding carboxylic acids is 1. The monoisotopic (exact) mass is 302 g/mol. The predicted octanol–water partition coefficient (Wildman–Crippen LogP) is 0.878. The van der Waals surface area contributed by atoms with Crippen LogP contribution in [0, 0.1) is 0 Å². The number of carboxylic acid groups (broad SMARTS) is 1. The van der Waals surface area contributed by atoms with Crippen LogP contribution >= 0.6 is 11.6 Å². The van der Waals surface area contributed by atoms with Gasteiger partial charge in [0.25, 0.3) is 0 Å². The first-order chi connectivity index (χ1) is 8.93. The Kier molecular flexibility index (Phi) is 4.13. The third-order valence-corrected chi connectivity index (χ3v) is 5.48. The maximum Gasteiger partial charge on any atom is 0.244 e. The second-order valence-corrected chi connectivity index (χ2v) is 6.71. The number of nitrogens with zero attached hydrogens (tertiary/aromatic N) is 1. The van der Waals surface area contributed by atoms with Crippen LogP contribution in [0.4, 0.5) is 0 Å². The normalized spacial score (nSPS) is 17.3. The van der Waals surface area contributed by atoms with Gasteiger partial charge < -0.3 is 9.90 Å². The first-order valence-corrected chi connectivity index (χ1v) is 7.76. The maximum absolute atomic E-state index is 12.4. The van der Waals surface area contributed by atoms with Crippen molar-refractivity contribution in [2.24, 2.45) is 0 Å². The number of halogens is 1. The molecule has 0 bridgehead atoms. The highest BCUT2D eigenvalue weighted by atomic mass is 35.5. The number of hydrogen-bond donors (Lipinski definition) is 0. The molecule has 1 aromatic rings. The fourth-order valence-corrected chi connectivity index (χ4v) is 4.09. The third-order valence-electron chi connectivity index (χ3n) is 3.10. The van der Waals surface area contributed by atoms with Gasteiger partial charge in [-0.2, -0.15) is 4.31 Å². The Morgan fingerprint density at radius 2 is 1.84 bits per heavy atom. The lowest BCUT2D eigenvalue weighted by atomic mass is 10.2. The Bertz CT molecular complexity index is 594. The Morgan fingerprint density at radius 1 is 1.21 bits per heavy atom. The molecule has 0 saturated carbocycles. The van der Waals surface area contributed by atoms with E-state index in [1.54, 1.807) is 0 Å². The highest BCUT2D eigenvalue weighted by Crippen LogP contribution is 2.27. The van der Waals surface area contributed by atoms with Crippen molar-refractivity contribution in [1.29, 1.82) is 0 Å². The largest absolute Gasteiger partial charge is 0.545 e. The van der Waals surface area contributed by atoms with Crippen LogP contribution < -0.4 is 5.11 Å². The molecule has 0 atom stereocenters. The van der Waals surface area contributed by atoms with Crippen molar-refractivity contribution < 1.29 is 18.3 Å². The molecule has 1 aliphatic heterocycles. The second-order valence-electron chi connectivity index (χ2n) is 4.40. The SMILES string of the molecule is O=C([O-])c1ccc(Cl)c(S(=O)(=O)N2CCCCC2)c1. The zero-order chi connectivity index (χ0) is 14.0. The number of rotatable bonds is 3. The number of hydrogen-bond acceptors (Lipinski definition) is 4. The molecule has 1 fully saturated rings. The molecule has 1 saturated heterocycles. The van der Waals surface area contributed by atoms with Crippen LogP contribution in [0.15, 0.2) is 23.1 Å². The standard InChI is InChI=1S/C12H14ClNO4S/c13-10-5-4-9(12(15)16)8-11(10)19(17,18)14-6-2-1-3-7-14/h4-5,8H,1-3,6-7H2,(H,15,16)/p-1. The molecule has 0 radical (unpaired) electrons. The summed E-state index contributed by atoms with van der Waals surface area (Å²) >= 11 is 5.89. The minimum atomic E-state index is -3.74. The maximum atomic E-state index is 12.4. The van der Waals surface area contributed by atoms with Crippen LogP contribution in [0.3, 0.4) is 0 Å². The van der Waals surface area contributed by atoms with Crippen molar-refractivity contribution in [1.82, 2.24) is 4.31 Å². The van der Waals surface area contributed by atoms with E-state index in [-0.39, 0.29) is 15.5 Å². The molecule has 19 heavy (non-hydrogen) atoms. The quantitative estimate of drug-likeness (QED) is 0.830. The zero-order valence-electron chi connectivity index (χ0n) is 10.1. The highest BCUT2D eigenvalue weighted by molar-refractivity contribution is 7.89. The molecule has 0 spiro atoms. The topological polar surface area (TPSA) is 77.5 Å². The van der Waals surface area contributed by atoms with E-state index in [4.69, 9.17) is 11.6 Å². The van der Waals surface area contributed by atoms with Gasteiger partial charge in [0.15, 0.2) is 0 Å². The number of benzene rings is 1. The summed E-state index contributed by atoms with van der Waals surface area (Å²) in [7, 11) is -3.74. The zero-order valence-corrected chi connectivity index (χ0v) is 11.7. The molecular weight excluding hydrogens is 290 g/mol. The van der Waals surface area contributed by atoms with Gasteiger partial charge in [-0.25, -0.2) is 8.42 Å². The van der Waals surface area contributed by atoms with Crippen LogP contribution in [-0.2, 0) is 10.0 Å². The molecule has 5 nitrogen and oxygen atoms in total. The summed E-state index contributed by atoms with van der Waals surface area (Å²) in [6, 6.07) is 3.55. The van der Waals surface area contributed by atoms with Gasteiger partial charge in [-0.05, 0) is 30.5 Å². The van der Waals surface area contributed by atoms with E-state index in [9.17, 15) is 18.3 Å². The second kappa shape index (κ2) is 5.48. The smallest absolute Gasteiger partial charge is 0.244 e. The number of piperidine rings is 1. The van der Waals surface area contributed by atoms with Gasteiger partial charge in [0.2, 0.25) is 10.0 Å². The lowest BCUT2D eigenvalue weighted by molar-refractivity contribution is -0.255. The van der Waals surface area contributed by atoms with E-state index in [1.165, 1.54) is 16.4 Å². The number of aromatic carboxylic acids is 1. The first-order valence-electron chi connectivity index (χ1n) is 5.94. The minimum Gasteiger partial charge on any atom is -0.545 e. The summed E-state index contributed by atoms with van der Waals surface area (Å²) in [6.07, 6.45) is 2.60. The van der Waals surface area contributed by atoms with E-state index >= 15 is 0 Å². The lowest BCUT2D eigenvalue weighted by Gasteiger charge is -2.26. The molecule has 1 heterocycles. The molecule has 0 unspecified atom stereocenters. The fraction of sp³-hybridized carbons (Fsp3) is 0.417. The fourth-order valence-electron chi connectivity index (χ4n) is 2.07. The molecule has 7 heteroatoms. The first kappa shape index (κ1) is 14.3. The number of carboxylic acids is 1. The Morgan fingerprint density at radius 3 is 2.42 bits per heavy atom. The van der Waals surface area contributed by atoms with Gasteiger partial charge in [0.1, 0.15) is 4.90 Å². The van der Waals surface area contributed by atoms with Crippen molar-refractivity contribution >= 4 is 27.6 Å². The summed E-state index contributed by atoms with van der Waals surface area (Å²) in [5.41, 5.74) is -0.194. The number of carbonyl (C=O) groups is 1. The van der Waals surface area contributed by atoms with Gasteiger partial charge in [0.05, 0.1) is 11.0 Å².